The van der Waals surface area contributed by atoms with Crippen LogP contribution in [-0.2, 0) is 12.8 Å². The number of amides is 1. The van der Waals surface area contributed by atoms with Gasteiger partial charge in [0, 0.05) is 16.8 Å². The molecule has 0 saturated carbocycles. The molecule has 4 rings (SSSR count). The lowest BCUT2D eigenvalue weighted by Gasteiger charge is -2.12. The third kappa shape index (κ3) is 5.86. The van der Waals surface area contributed by atoms with Gasteiger partial charge in [-0.25, -0.2) is 4.99 Å². The summed E-state index contributed by atoms with van der Waals surface area (Å²) >= 11 is 1.65. The smallest absolute Gasteiger partial charge is 0.259 e. The summed E-state index contributed by atoms with van der Waals surface area (Å²) in [4.78, 5) is 19.5. The van der Waals surface area contributed by atoms with Crippen LogP contribution in [0.1, 0.15) is 65.9 Å². The summed E-state index contributed by atoms with van der Waals surface area (Å²) in [7, 11) is 0. The fraction of sp³-hybridized carbons (Fsp3) is 0.357. The van der Waals surface area contributed by atoms with E-state index in [-0.39, 0.29) is 5.91 Å². The lowest BCUT2D eigenvalue weighted by Crippen LogP contribution is -2.14. The maximum atomic E-state index is 13.4. The summed E-state index contributed by atoms with van der Waals surface area (Å²) in [6.45, 7) is 5.04. The number of carbonyl (C=O) groups is 1. The molecular weight excluding hydrogens is 444 g/mol. The predicted octanol–water partition coefficient (Wildman–Crippen LogP) is 7.21. The van der Waals surface area contributed by atoms with Crippen LogP contribution in [0.5, 0.6) is 11.5 Å². The Balaban J connectivity index is 1.68. The minimum atomic E-state index is -0.0851. The lowest BCUT2D eigenvalue weighted by molar-refractivity contribution is 0.102. The number of hydrogen-bond acceptors (Lipinski definition) is 5. The Kier molecular flexibility index (Phi) is 8.36. The number of anilines is 1. The van der Waals surface area contributed by atoms with Gasteiger partial charge in [0.2, 0.25) is 0 Å². The van der Waals surface area contributed by atoms with E-state index in [1.807, 2.05) is 68.6 Å². The molecule has 5 nitrogen and oxygen atoms in total. The first-order valence-corrected chi connectivity index (χ1v) is 13.0. The molecule has 6 heteroatoms. The normalized spacial score (nSPS) is 13.7. The highest BCUT2D eigenvalue weighted by Crippen LogP contribution is 2.39. The molecule has 0 spiro atoms. The van der Waals surface area contributed by atoms with Crippen molar-refractivity contribution in [3.8, 4) is 11.5 Å². The molecule has 1 aliphatic carbocycles. The second-order valence-electron chi connectivity index (χ2n) is 8.25. The van der Waals surface area contributed by atoms with Gasteiger partial charge >= 0.3 is 0 Å². The van der Waals surface area contributed by atoms with E-state index < -0.39 is 0 Å². The van der Waals surface area contributed by atoms with Gasteiger partial charge in [-0.15, -0.1) is 11.3 Å². The van der Waals surface area contributed by atoms with Gasteiger partial charge in [0.15, 0.2) is 11.5 Å². The molecule has 1 N–H and O–H groups in total. The second-order valence-corrected chi connectivity index (χ2v) is 9.33. The number of benzene rings is 2. The van der Waals surface area contributed by atoms with Gasteiger partial charge < -0.3 is 14.8 Å². The molecule has 0 bridgehead atoms. The Bertz CT molecular complexity index is 1140. The fourth-order valence-electron chi connectivity index (χ4n) is 4.23. The summed E-state index contributed by atoms with van der Waals surface area (Å²) in [6.07, 6.45) is 8.47. The zero-order valence-corrected chi connectivity index (χ0v) is 20.7. The van der Waals surface area contributed by atoms with Crippen LogP contribution in [-0.4, -0.2) is 25.3 Å². The van der Waals surface area contributed by atoms with Crippen molar-refractivity contribution in [3.63, 3.8) is 0 Å². The largest absolute Gasteiger partial charge is 0.490 e. The van der Waals surface area contributed by atoms with Gasteiger partial charge in [0.1, 0.15) is 5.00 Å². The number of ether oxygens (including phenoxy) is 2. The van der Waals surface area contributed by atoms with Crippen molar-refractivity contribution in [1.82, 2.24) is 0 Å². The van der Waals surface area contributed by atoms with E-state index in [2.05, 4.69) is 5.32 Å². The number of nitrogens with zero attached hydrogens (tertiary/aromatic N) is 1. The minimum Gasteiger partial charge on any atom is -0.490 e. The molecule has 178 valence electrons. The number of aliphatic imine (C=N–C) groups is 1. The van der Waals surface area contributed by atoms with E-state index in [9.17, 15) is 4.79 Å². The molecule has 0 fully saturated rings. The quantitative estimate of drug-likeness (QED) is 0.350. The van der Waals surface area contributed by atoms with Crippen molar-refractivity contribution in [1.29, 1.82) is 0 Å². The monoisotopic (exact) mass is 476 g/mol. The van der Waals surface area contributed by atoms with Crippen LogP contribution < -0.4 is 14.8 Å². The molecule has 1 heterocycles. The van der Waals surface area contributed by atoms with E-state index in [1.165, 1.54) is 23.3 Å². The number of hydrogen-bond donors (Lipinski definition) is 1. The Labute approximate surface area is 205 Å². The molecule has 0 unspecified atom stereocenters. The van der Waals surface area contributed by atoms with E-state index in [0.717, 1.165) is 53.2 Å². The van der Waals surface area contributed by atoms with Crippen molar-refractivity contribution < 1.29 is 14.3 Å². The number of rotatable bonds is 8. The van der Waals surface area contributed by atoms with E-state index >= 15 is 0 Å². The summed E-state index contributed by atoms with van der Waals surface area (Å²) in [5, 5.41) is 3.84. The summed E-state index contributed by atoms with van der Waals surface area (Å²) < 4.78 is 11.4. The van der Waals surface area contributed by atoms with Gasteiger partial charge in [-0.05, 0) is 81.0 Å². The molecule has 0 atom stereocenters. The van der Waals surface area contributed by atoms with Crippen molar-refractivity contribution in [2.24, 2.45) is 4.99 Å². The highest BCUT2D eigenvalue weighted by Gasteiger charge is 2.24. The van der Waals surface area contributed by atoms with Gasteiger partial charge in [-0.1, -0.05) is 31.0 Å². The summed E-state index contributed by atoms with van der Waals surface area (Å²) in [5.74, 6) is 1.34. The molecular formula is C28H32N2O3S. The van der Waals surface area contributed by atoms with Crippen LogP contribution >= 0.6 is 11.3 Å². The topological polar surface area (TPSA) is 59.9 Å². The SMILES string of the molecule is CCOc1ccc(C=Nc2sc3c(c2C(=O)Nc2ccccc2)CCCCCC3)cc1OCC. The third-order valence-electron chi connectivity index (χ3n) is 5.81. The molecule has 2 aromatic carbocycles. The number of para-hydroxylation sites is 1. The van der Waals surface area contributed by atoms with Crippen molar-refractivity contribution in [3.05, 3.63) is 70.1 Å². The van der Waals surface area contributed by atoms with Crippen LogP contribution in [0.25, 0.3) is 0 Å². The molecule has 0 aliphatic heterocycles. The summed E-state index contributed by atoms with van der Waals surface area (Å²) in [5.41, 5.74) is 3.59. The number of thiophene rings is 1. The molecule has 1 amide bonds. The van der Waals surface area contributed by atoms with Crippen LogP contribution in [0.4, 0.5) is 10.7 Å². The van der Waals surface area contributed by atoms with Crippen LogP contribution in [0.15, 0.2) is 53.5 Å². The maximum Gasteiger partial charge on any atom is 0.259 e. The Morgan fingerprint density at radius 3 is 2.47 bits per heavy atom. The van der Waals surface area contributed by atoms with Crippen molar-refractivity contribution in [2.45, 2.75) is 52.4 Å². The molecule has 0 saturated heterocycles. The van der Waals surface area contributed by atoms with Crippen molar-refractivity contribution in [2.75, 3.05) is 18.5 Å². The Hall–Kier alpha value is -3.12. The average molecular weight is 477 g/mol. The van der Waals surface area contributed by atoms with Gasteiger partial charge in [0.25, 0.3) is 5.91 Å². The molecule has 1 aliphatic rings. The zero-order chi connectivity index (χ0) is 23.8. The van der Waals surface area contributed by atoms with Crippen LogP contribution in [0.3, 0.4) is 0 Å². The second kappa shape index (κ2) is 11.8. The van der Waals surface area contributed by atoms with Crippen LogP contribution in [0.2, 0.25) is 0 Å². The standard InChI is InChI=1S/C28H32N2O3S/c1-3-32-23-17-16-20(18-24(23)33-4-2)19-29-28-26(27(31)30-21-12-8-7-9-13-21)22-14-10-5-6-11-15-25(22)34-28/h7-9,12-13,16-19H,3-6,10-11,14-15H2,1-2H3,(H,30,31). The van der Waals surface area contributed by atoms with E-state index in [1.54, 1.807) is 11.3 Å². The number of nitrogens with one attached hydrogen (secondary N) is 1. The first-order valence-electron chi connectivity index (χ1n) is 12.1. The summed E-state index contributed by atoms with van der Waals surface area (Å²) in [6, 6.07) is 15.4. The van der Waals surface area contributed by atoms with E-state index in [0.29, 0.717) is 19.0 Å². The molecule has 34 heavy (non-hydrogen) atoms. The minimum absolute atomic E-state index is 0.0851. The van der Waals surface area contributed by atoms with Crippen LogP contribution in [0, 0.1) is 0 Å². The van der Waals surface area contributed by atoms with Gasteiger partial charge in [-0.3, -0.25) is 4.79 Å². The molecule has 1 aromatic heterocycles. The Morgan fingerprint density at radius 2 is 1.71 bits per heavy atom. The van der Waals surface area contributed by atoms with Gasteiger partial charge in [0.05, 0.1) is 18.8 Å². The predicted molar refractivity (Wildman–Crippen MR) is 141 cm³/mol. The highest BCUT2D eigenvalue weighted by atomic mass is 32.1. The first-order chi connectivity index (χ1) is 16.7. The highest BCUT2D eigenvalue weighted by molar-refractivity contribution is 7.16. The number of fused-ring (bicyclic) bond motifs is 1. The molecule has 0 radical (unpaired) electrons. The fourth-order valence-corrected chi connectivity index (χ4v) is 5.46. The first kappa shape index (κ1) is 24.0. The Morgan fingerprint density at radius 1 is 0.971 bits per heavy atom. The third-order valence-corrected chi connectivity index (χ3v) is 7.01. The number of aryl methyl sites for hydroxylation is 1. The number of carbonyl (C=O) groups excluding carboxylic acids is 1. The average Bonchev–Trinajstić information content (AvgIpc) is 3.16. The maximum absolute atomic E-state index is 13.4. The lowest BCUT2D eigenvalue weighted by atomic mass is 9.96. The van der Waals surface area contributed by atoms with Gasteiger partial charge in [-0.2, -0.15) is 0 Å². The van der Waals surface area contributed by atoms with Crippen molar-refractivity contribution >= 4 is 34.1 Å². The molecule has 3 aromatic rings. The zero-order valence-electron chi connectivity index (χ0n) is 19.9. The van der Waals surface area contributed by atoms with E-state index in [4.69, 9.17) is 14.5 Å².